The van der Waals surface area contributed by atoms with E-state index in [1.165, 1.54) is 0 Å². The summed E-state index contributed by atoms with van der Waals surface area (Å²) in [5.74, 6) is 1.58. The molecule has 0 aliphatic heterocycles. The van der Waals surface area contributed by atoms with Crippen LogP contribution in [-0.4, -0.2) is 26.1 Å². The number of nitrogens with two attached hydrogens (primary N) is 1. The first-order chi connectivity index (χ1) is 7.24. The highest BCUT2D eigenvalue weighted by atomic mass is 15.3. The second-order valence-electron chi connectivity index (χ2n) is 3.67. The standard InChI is InChI=1S/C10H15N5/c1-3-8-5-12-10-13-9(7(2)4-11)14-15(10)6-8/h5-7H,3-4,11H2,1-2H3. The molecule has 0 amide bonds. The van der Waals surface area contributed by atoms with Gasteiger partial charge in [0.05, 0.1) is 0 Å². The fraction of sp³-hybridized carbons (Fsp3) is 0.500. The second-order valence-corrected chi connectivity index (χ2v) is 3.67. The van der Waals surface area contributed by atoms with E-state index in [0.29, 0.717) is 12.3 Å². The highest BCUT2D eigenvalue weighted by Gasteiger charge is 2.10. The number of hydrogen-bond donors (Lipinski definition) is 1. The summed E-state index contributed by atoms with van der Waals surface area (Å²) in [5.41, 5.74) is 6.72. The van der Waals surface area contributed by atoms with Crippen LogP contribution in [0.25, 0.3) is 5.78 Å². The zero-order chi connectivity index (χ0) is 10.8. The van der Waals surface area contributed by atoms with Gasteiger partial charge in [-0.1, -0.05) is 13.8 Å². The van der Waals surface area contributed by atoms with Crippen molar-refractivity contribution in [3.63, 3.8) is 0 Å². The molecule has 5 nitrogen and oxygen atoms in total. The molecule has 0 spiro atoms. The molecule has 2 rings (SSSR count). The monoisotopic (exact) mass is 205 g/mol. The summed E-state index contributed by atoms with van der Waals surface area (Å²) in [5, 5.41) is 4.36. The molecule has 1 unspecified atom stereocenters. The number of rotatable bonds is 3. The molecule has 0 aliphatic carbocycles. The molecule has 0 bridgehead atoms. The molecule has 2 aromatic rings. The molecule has 80 valence electrons. The van der Waals surface area contributed by atoms with Crippen molar-refractivity contribution in [2.75, 3.05) is 6.54 Å². The fourth-order valence-corrected chi connectivity index (χ4v) is 1.33. The SMILES string of the molecule is CCc1cnc2nc(C(C)CN)nn2c1. The lowest BCUT2D eigenvalue weighted by Crippen LogP contribution is -2.10. The molecule has 2 aromatic heterocycles. The normalized spacial score (nSPS) is 13.3. The van der Waals surface area contributed by atoms with E-state index < -0.39 is 0 Å². The van der Waals surface area contributed by atoms with E-state index in [-0.39, 0.29) is 5.92 Å². The Morgan fingerprint density at radius 2 is 2.33 bits per heavy atom. The Kier molecular flexibility index (Phi) is 2.64. The summed E-state index contributed by atoms with van der Waals surface area (Å²) in [6.45, 7) is 4.65. The Morgan fingerprint density at radius 1 is 1.53 bits per heavy atom. The summed E-state index contributed by atoms with van der Waals surface area (Å²) in [6.07, 6.45) is 4.74. The third kappa shape index (κ3) is 1.83. The highest BCUT2D eigenvalue weighted by Crippen LogP contribution is 2.10. The van der Waals surface area contributed by atoms with Gasteiger partial charge < -0.3 is 5.73 Å². The van der Waals surface area contributed by atoms with Crippen molar-refractivity contribution >= 4 is 5.78 Å². The van der Waals surface area contributed by atoms with Gasteiger partial charge in [-0.05, 0) is 12.0 Å². The molecule has 15 heavy (non-hydrogen) atoms. The van der Waals surface area contributed by atoms with Crippen LogP contribution in [0.2, 0.25) is 0 Å². The minimum atomic E-state index is 0.178. The highest BCUT2D eigenvalue weighted by molar-refractivity contribution is 5.28. The minimum Gasteiger partial charge on any atom is -0.330 e. The van der Waals surface area contributed by atoms with Gasteiger partial charge in [-0.15, -0.1) is 5.10 Å². The zero-order valence-corrected chi connectivity index (χ0v) is 9.01. The first-order valence-corrected chi connectivity index (χ1v) is 5.15. The number of nitrogens with zero attached hydrogens (tertiary/aromatic N) is 4. The Morgan fingerprint density at radius 3 is 3.00 bits per heavy atom. The maximum Gasteiger partial charge on any atom is 0.252 e. The van der Waals surface area contributed by atoms with Crippen molar-refractivity contribution in [2.24, 2.45) is 5.73 Å². The smallest absolute Gasteiger partial charge is 0.252 e. The van der Waals surface area contributed by atoms with Crippen LogP contribution in [0.4, 0.5) is 0 Å². The Balaban J connectivity index is 2.46. The molecular weight excluding hydrogens is 190 g/mol. The van der Waals surface area contributed by atoms with Gasteiger partial charge in [0.15, 0.2) is 5.82 Å². The lowest BCUT2D eigenvalue weighted by atomic mass is 10.2. The van der Waals surface area contributed by atoms with Crippen LogP contribution in [0.15, 0.2) is 12.4 Å². The molecule has 1 atom stereocenters. The van der Waals surface area contributed by atoms with E-state index in [9.17, 15) is 0 Å². The number of fused-ring (bicyclic) bond motifs is 1. The van der Waals surface area contributed by atoms with Crippen LogP contribution in [0, 0.1) is 0 Å². The quantitative estimate of drug-likeness (QED) is 0.802. The Labute approximate surface area is 88.3 Å². The number of aryl methyl sites for hydroxylation is 1. The van der Waals surface area contributed by atoms with E-state index >= 15 is 0 Å². The fourth-order valence-electron chi connectivity index (χ4n) is 1.33. The van der Waals surface area contributed by atoms with Gasteiger partial charge in [0.25, 0.3) is 5.78 Å². The van der Waals surface area contributed by atoms with E-state index in [2.05, 4.69) is 22.0 Å². The molecular formula is C10H15N5. The Hall–Kier alpha value is -1.49. The van der Waals surface area contributed by atoms with Crippen molar-refractivity contribution < 1.29 is 0 Å². The van der Waals surface area contributed by atoms with Crippen molar-refractivity contribution in [2.45, 2.75) is 26.2 Å². The van der Waals surface area contributed by atoms with E-state index in [4.69, 9.17) is 5.73 Å². The maximum atomic E-state index is 5.57. The zero-order valence-electron chi connectivity index (χ0n) is 9.01. The average Bonchev–Trinajstić information content (AvgIpc) is 2.70. The maximum absolute atomic E-state index is 5.57. The molecule has 2 heterocycles. The van der Waals surface area contributed by atoms with Crippen molar-refractivity contribution in [3.8, 4) is 0 Å². The van der Waals surface area contributed by atoms with Gasteiger partial charge in [0.1, 0.15) is 0 Å². The molecule has 0 saturated carbocycles. The van der Waals surface area contributed by atoms with Crippen molar-refractivity contribution in [3.05, 3.63) is 23.8 Å². The molecule has 0 aromatic carbocycles. The number of aromatic nitrogens is 4. The molecule has 0 saturated heterocycles. The van der Waals surface area contributed by atoms with Crippen LogP contribution >= 0.6 is 0 Å². The largest absolute Gasteiger partial charge is 0.330 e. The first kappa shape index (κ1) is 10.0. The van der Waals surface area contributed by atoms with E-state index in [1.807, 2.05) is 19.3 Å². The lowest BCUT2D eigenvalue weighted by molar-refractivity contribution is 0.707. The molecule has 0 fully saturated rings. The summed E-state index contributed by atoms with van der Waals surface area (Å²) in [4.78, 5) is 8.56. The van der Waals surface area contributed by atoms with Gasteiger partial charge in [0.2, 0.25) is 0 Å². The number of hydrogen-bond acceptors (Lipinski definition) is 4. The summed E-state index contributed by atoms with van der Waals surface area (Å²) >= 11 is 0. The van der Waals surface area contributed by atoms with Gasteiger partial charge in [-0.3, -0.25) is 0 Å². The predicted molar refractivity (Wildman–Crippen MR) is 57.6 cm³/mol. The van der Waals surface area contributed by atoms with Crippen LogP contribution in [-0.2, 0) is 6.42 Å². The van der Waals surface area contributed by atoms with Gasteiger partial charge in [-0.25, -0.2) is 9.50 Å². The predicted octanol–water partition coefficient (Wildman–Crippen LogP) is 0.749. The van der Waals surface area contributed by atoms with Crippen molar-refractivity contribution in [1.29, 1.82) is 0 Å². The summed E-state index contributed by atoms with van der Waals surface area (Å²) < 4.78 is 1.72. The van der Waals surface area contributed by atoms with Crippen LogP contribution < -0.4 is 5.73 Å². The van der Waals surface area contributed by atoms with Crippen LogP contribution in [0.3, 0.4) is 0 Å². The first-order valence-electron chi connectivity index (χ1n) is 5.15. The topological polar surface area (TPSA) is 69.1 Å². The van der Waals surface area contributed by atoms with Gasteiger partial charge in [-0.2, -0.15) is 4.98 Å². The molecule has 0 aliphatic rings. The van der Waals surface area contributed by atoms with Crippen molar-refractivity contribution in [1.82, 2.24) is 19.6 Å². The van der Waals surface area contributed by atoms with Crippen LogP contribution in [0.1, 0.15) is 31.2 Å². The minimum absolute atomic E-state index is 0.178. The molecule has 2 N–H and O–H groups in total. The van der Waals surface area contributed by atoms with Gasteiger partial charge >= 0.3 is 0 Å². The average molecular weight is 205 g/mol. The summed E-state index contributed by atoms with van der Waals surface area (Å²) in [6, 6.07) is 0. The van der Waals surface area contributed by atoms with Gasteiger partial charge in [0, 0.05) is 24.9 Å². The van der Waals surface area contributed by atoms with Crippen LogP contribution in [0.5, 0.6) is 0 Å². The second kappa shape index (κ2) is 3.94. The summed E-state index contributed by atoms with van der Waals surface area (Å²) in [7, 11) is 0. The third-order valence-corrected chi connectivity index (χ3v) is 2.47. The lowest BCUT2D eigenvalue weighted by Gasteiger charge is -1.99. The molecule has 0 radical (unpaired) electrons. The van der Waals surface area contributed by atoms with E-state index in [0.717, 1.165) is 17.8 Å². The third-order valence-electron chi connectivity index (χ3n) is 2.47. The Bertz CT molecular complexity index is 462. The molecule has 5 heteroatoms. The van der Waals surface area contributed by atoms with E-state index in [1.54, 1.807) is 4.52 Å².